The van der Waals surface area contributed by atoms with Gasteiger partial charge in [-0.05, 0) is 42.9 Å². The number of benzene rings is 2. The van der Waals surface area contributed by atoms with Crippen LogP contribution in [-0.4, -0.2) is 12.1 Å². The Morgan fingerprint density at radius 3 is 2.43 bits per heavy atom. The van der Waals surface area contributed by atoms with Crippen molar-refractivity contribution in [3.63, 3.8) is 0 Å². The number of nitrogens with two attached hydrogens (primary N) is 1. The van der Waals surface area contributed by atoms with Crippen molar-refractivity contribution in [2.75, 3.05) is 0 Å². The molecule has 1 aliphatic carbocycles. The van der Waals surface area contributed by atoms with Gasteiger partial charge in [-0.15, -0.1) is 0 Å². The van der Waals surface area contributed by atoms with E-state index in [9.17, 15) is 0 Å². The fourth-order valence-corrected chi connectivity index (χ4v) is 3.20. The van der Waals surface area contributed by atoms with Gasteiger partial charge >= 0.3 is 0 Å². The third kappa shape index (κ3) is 3.39. The molecule has 0 aromatic heterocycles. The smallest absolute Gasteiger partial charge is 0.138 e. The first kappa shape index (κ1) is 14.4. The minimum absolute atomic E-state index is 0.0175. The zero-order valence-corrected chi connectivity index (χ0v) is 12.7. The molecular formula is C18H20ClNO. The standard InChI is InChI=1S/C18H20ClNO/c19-15-8-4-5-9-17(15)21-18-12-14(10-11-16(18)20)13-6-2-1-3-7-13/h1-9,14,16,18H,10-12,20H2. The van der Waals surface area contributed by atoms with Crippen molar-refractivity contribution in [3.05, 3.63) is 65.2 Å². The normalized spacial score (nSPS) is 25.5. The van der Waals surface area contributed by atoms with E-state index in [-0.39, 0.29) is 12.1 Å². The van der Waals surface area contributed by atoms with Crippen molar-refractivity contribution < 1.29 is 4.74 Å². The summed E-state index contributed by atoms with van der Waals surface area (Å²) in [7, 11) is 0. The van der Waals surface area contributed by atoms with Gasteiger partial charge in [0.15, 0.2) is 0 Å². The molecule has 0 aliphatic heterocycles. The lowest BCUT2D eigenvalue weighted by Gasteiger charge is -2.34. The second-order valence-electron chi connectivity index (χ2n) is 5.67. The lowest BCUT2D eigenvalue weighted by Crippen LogP contribution is -2.43. The summed E-state index contributed by atoms with van der Waals surface area (Å²) in [5.41, 5.74) is 7.62. The highest BCUT2D eigenvalue weighted by molar-refractivity contribution is 6.32. The number of ether oxygens (including phenoxy) is 1. The van der Waals surface area contributed by atoms with E-state index in [1.807, 2.05) is 24.3 Å². The van der Waals surface area contributed by atoms with Gasteiger partial charge in [0.2, 0.25) is 0 Å². The van der Waals surface area contributed by atoms with Crippen molar-refractivity contribution in [2.24, 2.45) is 5.73 Å². The molecule has 2 aromatic rings. The number of rotatable bonds is 3. The van der Waals surface area contributed by atoms with Crippen molar-refractivity contribution >= 4 is 11.6 Å². The van der Waals surface area contributed by atoms with Crippen molar-refractivity contribution in [1.29, 1.82) is 0 Å². The van der Waals surface area contributed by atoms with E-state index in [2.05, 4.69) is 30.3 Å². The maximum atomic E-state index is 6.25. The van der Waals surface area contributed by atoms with E-state index >= 15 is 0 Å². The molecule has 0 bridgehead atoms. The summed E-state index contributed by atoms with van der Waals surface area (Å²) in [6.07, 6.45) is 3.06. The van der Waals surface area contributed by atoms with E-state index in [0.717, 1.165) is 25.0 Å². The number of para-hydroxylation sites is 1. The fourth-order valence-electron chi connectivity index (χ4n) is 3.02. The van der Waals surface area contributed by atoms with Crippen LogP contribution in [0.1, 0.15) is 30.7 Å². The van der Waals surface area contributed by atoms with Gasteiger partial charge in [-0.1, -0.05) is 54.1 Å². The van der Waals surface area contributed by atoms with Crippen LogP contribution in [0.2, 0.25) is 5.02 Å². The van der Waals surface area contributed by atoms with Crippen molar-refractivity contribution in [3.8, 4) is 5.75 Å². The van der Waals surface area contributed by atoms with Crippen LogP contribution in [0.3, 0.4) is 0 Å². The first-order valence-electron chi connectivity index (χ1n) is 7.46. The first-order chi connectivity index (χ1) is 10.2. The summed E-state index contributed by atoms with van der Waals surface area (Å²) in [6.45, 7) is 0. The third-order valence-electron chi connectivity index (χ3n) is 4.23. The third-order valence-corrected chi connectivity index (χ3v) is 4.54. The molecule has 2 nitrogen and oxygen atoms in total. The summed E-state index contributed by atoms with van der Waals surface area (Å²) >= 11 is 6.18. The average molecular weight is 302 g/mol. The molecule has 3 heteroatoms. The zero-order chi connectivity index (χ0) is 14.7. The highest BCUT2D eigenvalue weighted by Gasteiger charge is 2.30. The van der Waals surface area contributed by atoms with Crippen LogP contribution >= 0.6 is 11.6 Å². The maximum Gasteiger partial charge on any atom is 0.138 e. The Hall–Kier alpha value is -1.51. The zero-order valence-electron chi connectivity index (χ0n) is 11.9. The maximum absolute atomic E-state index is 6.25. The minimum Gasteiger partial charge on any atom is -0.487 e. The largest absolute Gasteiger partial charge is 0.487 e. The summed E-state index contributed by atoms with van der Waals surface area (Å²) in [4.78, 5) is 0. The van der Waals surface area contributed by atoms with E-state index < -0.39 is 0 Å². The lowest BCUT2D eigenvalue weighted by atomic mass is 9.80. The Morgan fingerprint density at radius 1 is 0.952 bits per heavy atom. The van der Waals surface area contributed by atoms with Crippen LogP contribution in [0.15, 0.2) is 54.6 Å². The highest BCUT2D eigenvalue weighted by atomic mass is 35.5. The molecular weight excluding hydrogens is 282 g/mol. The molecule has 21 heavy (non-hydrogen) atoms. The topological polar surface area (TPSA) is 35.2 Å². The Balaban J connectivity index is 1.74. The molecule has 3 unspecified atom stereocenters. The van der Waals surface area contributed by atoms with Gasteiger partial charge in [-0.2, -0.15) is 0 Å². The molecule has 0 spiro atoms. The fraction of sp³-hybridized carbons (Fsp3) is 0.333. The van der Waals surface area contributed by atoms with Crippen LogP contribution in [0.5, 0.6) is 5.75 Å². The summed E-state index contributed by atoms with van der Waals surface area (Å²) in [5, 5.41) is 0.645. The van der Waals surface area contributed by atoms with Gasteiger partial charge in [0.25, 0.3) is 0 Å². The van der Waals surface area contributed by atoms with E-state index in [4.69, 9.17) is 22.1 Å². The van der Waals surface area contributed by atoms with E-state index in [0.29, 0.717) is 10.9 Å². The quantitative estimate of drug-likeness (QED) is 0.913. The van der Waals surface area contributed by atoms with Crippen LogP contribution in [0.4, 0.5) is 0 Å². The van der Waals surface area contributed by atoms with Gasteiger partial charge in [0.05, 0.1) is 5.02 Å². The summed E-state index contributed by atoms with van der Waals surface area (Å²) in [6, 6.07) is 18.3. The first-order valence-corrected chi connectivity index (χ1v) is 7.83. The van der Waals surface area contributed by atoms with Gasteiger partial charge in [0, 0.05) is 6.04 Å². The molecule has 1 fully saturated rings. The molecule has 0 heterocycles. The van der Waals surface area contributed by atoms with E-state index in [1.54, 1.807) is 0 Å². The van der Waals surface area contributed by atoms with Crippen LogP contribution < -0.4 is 10.5 Å². The number of halogens is 1. The Bertz CT molecular complexity index is 587. The van der Waals surface area contributed by atoms with Crippen LogP contribution in [0.25, 0.3) is 0 Å². The number of hydrogen-bond donors (Lipinski definition) is 1. The molecule has 3 rings (SSSR count). The van der Waals surface area contributed by atoms with Gasteiger partial charge in [-0.25, -0.2) is 0 Å². The molecule has 1 aliphatic rings. The lowest BCUT2D eigenvalue weighted by molar-refractivity contribution is 0.121. The molecule has 3 atom stereocenters. The molecule has 0 amide bonds. The molecule has 0 radical (unpaired) electrons. The van der Waals surface area contributed by atoms with Gasteiger partial charge in [0.1, 0.15) is 11.9 Å². The second kappa shape index (κ2) is 6.50. The minimum atomic E-state index is 0.0175. The summed E-state index contributed by atoms with van der Waals surface area (Å²) < 4.78 is 6.09. The molecule has 110 valence electrons. The Morgan fingerprint density at radius 2 is 1.67 bits per heavy atom. The van der Waals surface area contributed by atoms with Gasteiger partial charge in [-0.3, -0.25) is 0 Å². The Labute approximate surface area is 130 Å². The molecule has 2 aromatic carbocycles. The van der Waals surface area contributed by atoms with E-state index in [1.165, 1.54) is 5.56 Å². The Kier molecular flexibility index (Phi) is 4.47. The van der Waals surface area contributed by atoms with Crippen LogP contribution in [0, 0.1) is 0 Å². The molecule has 2 N–H and O–H groups in total. The average Bonchev–Trinajstić information content (AvgIpc) is 2.52. The second-order valence-corrected chi connectivity index (χ2v) is 6.08. The monoisotopic (exact) mass is 301 g/mol. The SMILES string of the molecule is NC1CCC(c2ccccc2)CC1Oc1ccccc1Cl. The highest BCUT2D eigenvalue weighted by Crippen LogP contribution is 2.35. The van der Waals surface area contributed by atoms with Crippen LogP contribution in [-0.2, 0) is 0 Å². The summed E-state index contributed by atoms with van der Waals surface area (Å²) in [5.74, 6) is 1.24. The predicted molar refractivity (Wildman–Crippen MR) is 86.9 cm³/mol. The van der Waals surface area contributed by atoms with Crippen molar-refractivity contribution in [1.82, 2.24) is 0 Å². The molecule has 0 saturated heterocycles. The molecule has 1 saturated carbocycles. The van der Waals surface area contributed by atoms with Crippen molar-refractivity contribution in [2.45, 2.75) is 37.3 Å². The number of hydrogen-bond acceptors (Lipinski definition) is 2. The van der Waals surface area contributed by atoms with Gasteiger partial charge < -0.3 is 10.5 Å². The predicted octanol–water partition coefficient (Wildman–Crippen LogP) is 4.38.